The van der Waals surface area contributed by atoms with Gasteiger partial charge in [0, 0.05) is 18.2 Å². The third kappa shape index (κ3) is 8.44. The molecule has 3 heterocycles. The molecule has 240 valence electrons. The number of fused-ring (bicyclic) bond motifs is 1. The molecule has 3 rings (SSSR count). The van der Waals surface area contributed by atoms with E-state index >= 15 is 0 Å². The van der Waals surface area contributed by atoms with Crippen molar-refractivity contribution in [1.82, 2.24) is 15.2 Å². The number of ether oxygens (including phenoxy) is 5. The predicted octanol–water partition coefficient (Wildman–Crippen LogP) is 0.953. The topological polar surface area (TPSA) is 210 Å². The lowest BCUT2D eigenvalue weighted by atomic mass is 9.98. The van der Waals surface area contributed by atoms with Crippen molar-refractivity contribution in [1.29, 1.82) is 0 Å². The molecule has 0 aliphatic carbocycles. The number of rotatable bonds is 12. The molecule has 2 aliphatic heterocycles. The highest BCUT2D eigenvalue weighted by Gasteiger charge is 2.54. The number of carbonyl (C=O) groups is 6. The van der Waals surface area contributed by atoms with Gasteiger partial charge in [0.1, 0.15) is 36.5 Å². The average molecular weight is 658 g/mol. The minimum atomic E-state index is -1.02. The molecule has 0 aromatic carbocycles. The van der Waals surface area contributed by atoms with Crippen molar-refractivity contribution < 1.29 is 57.3 Å². The first-order valence-corrected chi connectivity index (χ1v) is 14.7. The molecule has 44 heavy (non-hydrogen) atoms. The van der Waals surface area contributed by atoms with E-state index in [-0.39, 0.29) is 28.8 Å². The van der Waals surface area contributed by atoms with Crippen LogP contribution in [0.3, 0.4) is 0 Å². The van der Waals surface area contributed by atoms with Crippen molar-refractivity contribution in [2.24, 2.45) is 10.6 Å². The Morgan fingerprint density at radius 2 is 1.80 bits per heavy atom. The Bertz CT molecular complexity index is 1370. The molecule has 17 nitrogen and oxygen atoms in total. The summed E-state index contributed by atoms with van der Waals surface area (Å²) in [5, 5.41) is 9.42. The third-order valence-electron chi connectivity index (χ3n) is 5.66. The minimum absolute atomic E-state index is 0.0115. The predicted molar refractivity (Wildman–Crippen MR) is 153 cm³/mol. The van der Waals surface area contributed by atoms with Crippen molar-refractivity contribution >= 4 is 69.8 Å². The van der Waals surface area contributed by atoms with E-state index in [1.807, 2.05) is 0 Å². The van der Waals surface area contributed by atoms with Crippen molar-refractivity contribution in [3.05, 3.63) is 22.3 Å². The first-order chi connectivity index (χ1) is 20.8. The zero-order valence-electron chi connectivity index (χ0n) is 24.6. The van der Waals surface area contributed by atoms with Gasteiger partial charge in [0.2, 0.25) is 13.6 Å². The number of methoxy groups -OCH3 is 1. The average Bonchev–Trinajstić information content (AvgIpc) is 3.41. The molecule has 1 aromatic heterocycles. The highest BCUT2D eigenvalue weighted by molar-refractivity contribution is 8.00. The number of carbonyl (C=O) groups excluding carboxylic acids is 6. The molecular weight excluding hydrogens is 626 g/mol. The zero-order chi connectivity index (χ0) is 32.6. The number of amides is 3. The standard InChI is InChI=1S/C25H31N5O12S2/c1-12-8-43-20-16(19(33)30(20)17(12)21(34)40-11-41-22(35)25(2,3)4)27-18(32)15(29-38-6)13-9-44-23(26-13)28-24(36)42-10-39-14(31)7-37-5/h9,16,20H,7-8,10-11H2,1-6H3,(H,27,32)(H,26,28,36)/b29-15-/t16-,20-/m1/s1. The number of thioether (sulfide) groups is 1. The molecule has 0 saturated carbocycles. The molecule has 0 unspecified atom stereocenters. The number of aromatic nitrogens is 1. The number of oxime groups is 1. The molecule has 2 atom stereocenters. The molecule has 1 fully saturated rings. The highest BCUT2D eigenvalue weighted by atomic mass is 32.2. The lowest BCUT2D eigenvalue weighted by Gasteiger charge is -2.49. The highest BCUT2D eigenvalue weighted by Crippen LogP contribution is 2.40. The van der Waals surface area contributed by atoms with Crippen LogP contribution in [-0.2, 0) is 52.5 Å². The van der Waals surface area contributed by atoms with Crippen LogP contribution in [0.25, 0.3) is 0 Å². The normalized spacial score (nSPS) is 18.0. The van der Waals surface area contributed by atoms with Crippen LogP contribution < -0.4 is 10.6 Å². The molecule has 0 bridgehead atoms. The zero-order valence-corrected chi connectivity index (χ0v) is 26.3. The largest absolute Gasteiger partial charge is 0.427 e. The van der Waals surface area contributed by atoms with Crippen LogP contribution in [0.2, 0.25) is 0 Å². The second-order valence-electron chi connectivity index (χ2n) is 10.0. The summed E-state index contributed by atoms with van der Waals surface area (Å²) in [4.78, 5) is 84.3. The van der Waals surface area contributed by atoms with E-state index in [2.05, 4.69) is 30.2 Å². The number of esters is 3. The van der Waals surface area contributed by atoms with Gasteiger partial charge in [-0.25, -0.2) is 19.4 Å². The van der Waals surface area contributed by atoms with Crippen molar-refractivity contribution in [2.75, 3.05) is 45.5 Å². The number of thiazole rings is 1. The van der Waals surface area contributed by atoms with Gasteiger partial charge >= 0.3 is 24.0 Å². The van der Waals surface area contributed by atoms with E-state index < -0.39 is 66.2 Å². The number of hydrogen-bond acceptors (Lipinski definition) is 16. The Kier molecular flexibility index (Phi) is 11.7. The summed E-state index contributed by atoms with van der Waals surface area (Å²) in [5.41, 5.74) is -0.480. The SMILES string of the molecule is COCC(=O)OCOC(=O)Nc1nc(/C(=N/OC)C(=O)N[C@@H]2C(=O)N3C(C(=O)OCOC(=O)C(C)(C)C)=C(C)CS[C@H]23)cs1. The van der Waals surface area contributed by atoms with Gasteiger partial charge in [0.25, 0.3) is 11.8 Å². The molecule has 2 aliphatic rings. The van der Waals surface area contributed by atoms with Gasteiger partial charge in [0.05, 0.1) is 5.41 Å². The van der Waals surface area contributed by atoms with Gasteiger partial charge in [0.15, 0.2) is 10.8 Å². The van der Waals surface area contributed by atoms with Crippen LogP contribution in [-0.4, -0.2) is 103 Å². The smallest absolute Gasteiger partial charge is 0.416 e. The van der Waals surface area contributed by atoms with E-state index in [0.29, 0.717) is 11.3 Å². The summed E-state index contributed by atoms with van der Waals surface area (Å²) >= 11 is 2.26. The maximum atomic E-state index is 13.2. The Balaban J connectivity index is 1.59. The van der Waals surface area contributed by atoms with Crippen LogP contribution in [0.4, 0.5) is 9.93 Å². The van der Waals surface area contributed by atoms with Crippen molar-refractivity contribution in [3.63, 3.8) is 0 Å². The van der Waals surface area contributed by atoms with E-state index in [1.54, 1.807) is 27.7 Å². The van der Waals surface area contributed by atoms with Gasteiger partial charge in [-0.3, -0.25) is 24.6 Å². The molecule has 2 N–H and O–H groups in total. The van der Waals surface area contributed by atoms with Gasteiger partial charge < -0.3 is 33.8 Å². The molecule has 0 radical (unpaired) electrons. The van der Waals surface area contributed by atoms with Crippen LogP contribution in [0.15, 0.2) is 21.8 Å². The fourth-order valence-corrected chi connectivity index (χ4v) is 5.53. The second-order valence-corrected chi connectivity index (χ2v) is 12.0. The number of β-lactam (4-membered cyclic amide) rings is 1. The molecule has 1 saturated heterocycles. The fourth-order valence-electron chi connectivity index (χ4n) is 3.56. The van der Waals surface area contributed by atoms with Gasteiger partial charge in [-0.2, -0.15) is 0 Å². The van der Waals surface area contributed by atoms with E-state index in [9.17, 15) is 28.8 Å². The van der Waals surface area contributed by atoms with Crippen LogP contribution in [0.1, 0.15) is 33.4 Å². The Labute approximate surface area is 259 Å². The summed E-state index contributed by atoms with van der Waals surface area (Å²) in [6, 6.07) is -1.02. The van der Waals surface area contributed by atoms with Crippen molar-refractivity contribution in [3.8, 4) is 0 Å². The van der Waals surface area contributed by atoms with E-state index in [0.717, 1.165) is 11.3 Å². The minimum Gasteiger partial charge on any atom is -0.427 e. The van der Waals surface area contributed by atoms with Crippen LogP contribution in [0.5, 0.6) is 0 Å². The quantitative estimate of drug-likeness (QED) is 0.105. The Morgan fingerprint density at radius 3 is 2.45 bits per heavy atom. The third-order valence-corrected chi connectivity index (χ3v) is 7.84. The Morgan fingerprint density at radius 1 is 1.09 bits per heavy atom. The molecule has 3 amide bonds. The monoisotopic (exact) mass is 657 g/mol. The number of nitrogens with one attached hydrogen (secondary N) is 2. The maximum Gasteiger partial charge on any atom is 0.416 e. The second kappa shape index (κ2) is 15.0. The van der Waals surface area contributed by atoms with E-state index in [1.165, 1.54) is 36.3 Å². The summed E-state index contributed by atoms with van der Waals surface area (Å²) < 4.78 is 24.0. The number of anilines is 1. The van der Waals surface area contributed by atoms with E-state index in [4.69, 9.17) is 19.0 Å². The summed E-state index contributed by atoms with van der Waals surface area (Å²) in [7, 11) is 2.51. The van der Waals surface area contributed by atoms with Crippen LogP contribution >= 0.6 is 23.1 Å². The molecule has 0 spiro atoms. The lowest BCUT2D eigenvalue weighted by Crippen LogP contribution is -2.71. The maximum absolute atomic E-state index is 13.2. The molecule has 19 heteroatoms. The van der Waals surface area contributed by atoms with Crippen molar-refractivity contribution in [2.45, 2.75) is 39.1 Å². The molecule has 1 aromatic rings. The lowest BCUT2D eigenvalue weighted by molar-refractivity contribution is -0.173. The van der Waals surface area contributed by atoms with Gasteiger partial charge in [-0.05, 0) is 33.3 Å². The first-order valence-electron chi connectivity index (χ1n) is 12.7. The fraction of sp³-hybridized carbons (Fsp3) is 0.520. The van der Waals surface area contributed by atoms with Gasteiger partial charge in [-0.15, -0.1) is 23.1 Å². The summed E-state index contributed by atoms with van der Waals surface area (Å²) in [6.45, 7) is 5.03. The molecular formula is C25H31N5O12S2. The first kappa shape index (κ1) is 34.3. The van der Waals surface area contributed by atoms with Crippen LogP contribution in [0, 0.1) is 5.41 Å². The Hall–Kier alpha value is -4.23. The van der Waals surface area contributed by atoms with Gasteiger partial charge in [-0.1, -0.05) is 5.16 Å². The summed E-state index contributed by atoms with van der Waals surface area (Å²) in [6.07, 6.45) is -0.981. The summed E-state index contributed by atoms with van der Waals surface area (Å²) in [5.74, 6) is -3.14. The number of nitrogens with zero attached hydrogens (tertiary/aromatic N) is 3. The number of hydrogen-bond donors (Lipinski definition) is 2.